The summed E-state index contributed by atoms with van der Waals surface area (Å²) in [5.41, 5.74) is 0. The first kappa shape index (κ1) is 6.99. The molecule has 0 unspecified atom stereocenters. The normalized spacial score (nSPS) is 28.3. The van der Waals surface area contributed by atoms with Gasteiger partial charge < -0.3 is 14.8 Å². The lowest BCUT2D eigenvalue weighted by atomic mass is 10.3. The highest BCUT2D eigenvalue weighted by Gasteiger charge is 2.11. The Morgan fingerprint density at radius 1 is 1.56 bits per heavy atom. The number of nitrogens with one attached hydrogen (secondary N) is 1. The van der Waals surface area contributed by atoms with Crippen LogP contribution in [0.25, 0.3) is 0 Å². The topological polar surface area (TPSA) is 30.5 Å². The zero-order valence-corrected chi connectivity index (χ0v) is 5.72. The van der Waals surface area contributed by atoms with Crippen molar-refractivity contribution in [3.63, 3.8) is 0 Å². The smallest absolute Gasteiger partial charge is 0.0933 e. The third-order valence-electron chi connectivity index (χ3n) is 1.32. The fourth-order valence-corrected chi connectivity index (χ4v) is 0.882. The maximum Gasteiger partial charge on any atom is 0.0933 e. The van der Waals surface area contributed by atoms with Gasteiger partial charge in [-0.2, -0.15) is 0 Å². The number of rotatable bonds is 2. The maximum atomic E-state index is 5.33. The van der Waals surface area contributed by atoms with Gasteiger partial charge >= 0.3 is 0 Å². The van der Waals surface area contributed by atoms with Gasteiger partial charge in [-0.3, -0.25) is 0 Å². The molecule has 1 saturated heterocycles. The molecule has 0 aliphatic carbocycles. The highest BCUT2D eigenvalue weighted by molar-refractivity contribution is 4.61. The van der Waals surface area contributed by atoms with Crippen molar-refractivity contribution in [3.8, 4) is 0 Å². The summed E-state index contributed by atoms with van der Waals surface area (Å²) in [6.45, 7) is 3.12. The average Bonchev–Trinajstić information content (AvgIpc) is 1.91. The summed E-state index contributed by atoms with van der Waals surface area (Å²) in [4.78, 5) is 0. The second kappa shape index (κ2) is 3.82. The molecule has 0 aromatic carbocycles. The zero-order valence-electron chi connectivity index (χ0n) is 5.72. The van der Waals surface area contributed by atoms with E-state index in [4.69, 9.17) is 9.47 Å². The lowest BCUT2D eigenvalue weighted by molar-refractivity contribution is -0.0858. The molecule has 1 aliphatic rings. The van der Waals surface area contributed by atoms with E-state index >= 15 is 0 Å². The summed E-state index contributed by atoms with van der Waals surface area (Å²) in [7, 11) is 1.91. The summed E-state index contributed by atoms with van der Waals surface area (Å²) in [5.74, 6) is 0. The highest BCUT2D eigenvalue weighted by Crippen LogP contribution is 1.97. The van der Waals surface area contributed by atoms with E-state index in [-0.39, 0.29) is 6.10 Å². The molecule has 0 saturated carbocycles. The second-order valence-corrected chi connectivity index (χ2v) is 2.13. The molecule has 0 amide bonds. The summed E-state index contributed by atoms with van der Waals surface area (Å²) >= 11 is 0. The SMILES string of the molecule is CNC[C@H]1COCCO1. The number of ether oxygens (including phenoxy) is 2. The van der Waals surface area contributed by atoms with Gasteiger partial charge in [0.2, 0.25) is 0 Å². The Labute approximate surface area is 55.3 Å². The Morgan fingerprint density at radius 3 is 3.00 bits per heavy atom. The predicted octanol–water partition coefficient (Wildman–Crippen LogP) is -0.379. The van der Waals surface area contributed by atoms with E-state index in [2.05, 4.69) is 5.32 Å². The van der Waals surface area contributed by atoms with Gasteiger partial charge in [-0.05, 0) is 7.05 Å². The maximum absolute atomic E-state index is 5.33. The van der Waals surface area contributed by atoms with Gasteiger partial charge in [-0.15, -0.1) is 0 Å². The van der Waals surface area contributed by atoms with E-state index < -0.39 is 0 Å². The van der Waals surface area contributed by atoms with Gasteiger partial charge in [-0.25, -0.2) is 0 Å². The largest absolute Gasteiger partial charge is 0.376 e. The van der Waals surface area contributed by atoms with E-state index in [1.807, 2.05) is 7.05 Å². The summed E-state index contributed by atoms with van der Waals surface area (Å²) in [6, 6.07) is 0. The van der Waals surface area contributed by atoms with Crippen LogP contribution in [-0.2, 0) is 9.47 Å². The first-order valence-corrected chi connectivity index (χ1v) is 3.27. The molecule has 54 valence electrons. The van der Waals surface area contributed by atoms with Crippen molar-refractivity contribution >= 4 is 0 Å². The molecule has 0 aromatic rings. The third-order valence-corrected chi connectivity index (χ3v) is 1.32. The van der Waals surface area contributed by atoms with Crippen molar-refractivity contribution in [1.29, 1.82) is 0 Å². The molecule has 0 spiro atoms. The van der Waals surface area contributed by atoms with Crippen molar-refractivity contribution in [3.05, 3.63) is 0 Å². The minimum atomic E-state index is 0.267. The van der Waals surface area contributed by atoms with Crippen molar-refractivity contribution in [2.45, 2.75) is 6.10 Å². The van der Waals surface area contributed by atoms with Crippen LogP contribution in [0.1, 0.15) is 0 Å². The monoisotopic (exact) mass is 131 g/mol. The molecule has 1 N–H and O–H groups in total. The van der Waals surface area contributed by atoms with Crippen LogP contribution < -0.4 is 5.32 Å². The molecule has 1 fully saturated rings. The Bertz CT molecular complexity index is 68.7. The van der Waals surface area contributed by atoms with Gasteiger partial charge in [0.1, 0.15) is 0 Å². The second-order valence-electron chi connectivity index (χ2n) is 2.13. The average molecular weight is 131 g/mol. The first-order chi connectivity index (χ1) is 4.43. The molecule has 1 aliphatic heterocycles. The van der Waals surface area contributed by atoms with E-state index in [9.17, 15) is 0 Å². The highest BCUT2D eigenvalue weighted by atomic mass is 16.6. The van der Waals surface area contributed by atoms with E-state index in [0.29, 0.717) is 0 Å². The lowest BCUT2D eigenvalue weighted by Crippen LogP contribution is -2.35. The van der Waals surface area contributed by atoms with Crippen molar-refractivity contribution < 1.29 is 9.47 Å². The van der Waals surface area contributed by atoms with Crippen LogP contribution in [0.15, 0.2) is 0 Å². The fraction of sp³-hybridized carbons (Fsp3) is 1.00. The van der Waals surface area contributed by atoms with Crippen LogP contribution in [0.5, 0.6) is 0 Å². The first-order valence-electron chi connectivity index (χ1n) is 3.27. The van der Waals surface area contributed by atoms with Crippen molar-refractivity contribution in [2.75, 3.05) is 33.4 Å². The number of hydrogen-bond acceptors (Lipinski definition) is 3. The molecular weight excluding hydrogens is 118 g/mol. The van der Waals surface area contributed by atoms with E-state index in [1.165, 1.54) is 0 Å². The van der Waals surface area contributed by atoms with Crippen molar-refractivity contribution in [2.24, 2.45) is 0 Å². The molecule has 0 radical (unpaired) electrons. The van der Waals surface area contributed by atoms with Crippen LogP contribution in [-0.4, -0.2) is 39.5 Å². The third kappa shape index (κ3) is 2.30. The van der Waals surface area contributed by atoms with E-state index in [1.54, 1.807) is 0 Å². The summed E-state index contributed by atoms with van der Waals surface area (Å²) in [5, 5.41) is 3.03. The van der Waals surface area contributed by atoms with Crippen LogP contribution in [0.2, 0.25) is 0 Å². The Morgan fingerprint density at radius 2 is 2.44 bits per heavy atom. The lowest BCUT2D eigenvalue weighted by Gasteiger charge is -2.22. The Hall–Kier alpha value is -0.120. The molecule has 1 atom stereocenters. The molecule has 1 rings (SSSR count). The van der Waals surface area contributed by atoms with Crippen LogP contribution in [0, 0.1) is 0 Å². The molecule has 0 aromatic heterocycles. The fourth-order valence-electron chi connectivity index (χ4n) is 0.882. The molecule has 3 heteroatoms. The van der Waals surface area contributed by atoms with E-state index in [0.717, 1.165) is 26.4 Å². The van der Waals surface area contributed by atoms with Gasteiger partial charge in [0, 0.05) is 6.54 Å². The quantitative estimate of drug-likeness (QED) is 0.554. The summed E-state index contributed by atoms with van der Waals surface area (Å²) < 4.78 is 10.5. The van der Waals surface area contributed by atoms with Crippen molar-refractivity contribution in [1.82, 2.24) is 5.32 Å². The van der Waals surface area contributed by atoms with Crippen LogP contribution in [0.3, 0.4) is 0 Å². The minimum absolute atomic E-state index is 0.267. The summed E-state index contributed by atoms with van der Waals surface area (Å²) in [6.07, 6.45) is 0.267. The van der Waals surface area contributed by atoms with Gasteiger partial charge in [0.05, 0.1) is 25.9 Å². The van der Waals surface area contributed by atoms with Crippen LogP contribution >= 0.6 is 0 Å². The van der Waals surface area contributed by atoms with Gasteiger partial charge in [0.15, 0.2) is 0 Å². The number of hydrogen-bond donors (Lipinski definition) is 1. The minimum Gasteiger partial charge on any atom is -0.376 e. The zero-order chi connectivity index (χ0) is 6.53. The molecule has 1 heterocycles. The molecule has 9 heavy (non-hydrogen) atoms. The predicted molar refractivity (Wildman–Crippen MR) is 34.5 cm³/mol. The van der Waals surface area contributed by atoms with Crippen LogP contribution in [0.4, 0.5) is 0 Å². The van der Waals surface area contributed by atoms with Gasteiger partial charge in [-0.1, -0.05) is 0 Å². The number of likely N-dealkylation sites (N-methyl/N-ethyl adjacent to an activating group) is 1. The Kier molecular flexibility index (Phi) is 2.97. The molecule has 3 nitrogen and oxygen atoms in total. The Balaban J connectivity index is 2.08. The van der Waals surface area contributed by atoms with Gasteiger partial charge in [0.25, 0.3) is 0 Å². The molecular formula is C6H13NO2. The standard InChI is InChI=1S/C6H13NO2/c1-7-4-6-5-8-2-3-9-6/h6-7H,2-5H2,1H3/t6-/m0/s1. The molecule has 0 bridgehead atoms.